The van der Waals surface area contributed by atoms with E-state index < -0.39 is 14.9 Å². The molecule has 7 nitrogen and oxygen atoms in total. The van der Waals surface area contributed by atoms with Crippen molar-refractivity contribution in [3.05, 3.63) is 33.9 Å². The van der Waals surface area contributed by atoms with Crippen molar-refractivity contribution in [2.24, 2.45) is 17.6 Å². The largest absolute Gasteiger partial charge is 0.327 e. The number of rotatable bonds is 3. The van der Waals surface area contributed by atoms with Gasteiger partial charge in [-0.2, -0.15) is 4.31 Å². The van der Waals surface area contributed by atoms with E-state index in [1.54, 1.807) is 13.0 Å². The van der Waals surface area contributed by atoms with Gasteiger partial charge in [0.25, 0.3) is 5.69 Å². The molecule has 3 unspecified atom stereocenters. The van der Waals surface area contributed by atoms with Gasteiger partial charge in [-0.1, -0.05) is 12.1 Å². The molecule has 0 bridgehead atoms. The van der Waals surface area contributed by atoms with E-state index in [1.165, 1.54) is 16.4 Å². The maximum absolute atomic E-state index is 12.9. The molecule has 1 aromatic carbocycles. The number of hydrogen-bond acceptors (Lipinski definition) is 5. The topological polar surface area (TPSA) is 107 Å². The first-order valence-electron chi connectivity index (χ1n) is 7.32. The van der Waals surface area contributed by atoms with Crippen molar-refractivity contribution in [1.82, 2.24) is 4.31 Å². The molecule has 0 aromatic heterocycles. The van der Waals surface area contributed by atoms with Crippen molar-refractivity contribution < 1.29 is 13.3 Å². The highest BCUT2D eigenvalue weighted by atomic mass is 32.2. The number of fused-ring (bicyclic) bond motifs is 1. The summed E-state index contributed by atoms with van der Waals surface area (Å²) < 4.78 is 27.2. The lowest BCUT2D eigenvalue weighted by Gasteiger charge is -2.19. The van der Waals surface area contributed by atoms with E-state index in [-0.39, 0.29) is 28.5 Å². The Hall–Kier alpha value is -1.51. The third-order valence-electron chi connectivity index (χ3n) is 4.86. The average molecular weight is 325 g/mol. The summed E-state index contributed by atoms with van der Waals surface area (Å²) in [5.41, 5.74) is 6.08. The number of nitrogens with zero attached hydrogens (tertiary/aromatic N) is 2. The lowest BCUT2D eigenvalue weighted by molar-refractivity contribution is -0.387. The smallest absolute Gasteiger partial charge is 0.289 e. The summed E-state index contributed by atoms with van der Waals surface area (Å²) >= 11 is 0. The molecular weight excluding hydrogens is 306 g/mol. The summed E-state index contributed by atoms with van der Waals surface area (Å²) in [5, 5.41) is 11.2. The summed E-state index contributed by atoms with van der Waals surface area (Å²) in [5.74, 6) is 0.436. The van der Waals surface area contributed by atoms with E-state index >= 15 is 0 Å². The van der Waals surface area contributed by atoms with E-state index in [2.05, 4.69) is 0 Å². The molecule has 0 radical (unpaired) electrons. The van der Waals surface area contributed by atoms with Crippen LogP contribution in [0.1, 0.15) is 18.4 Å². The van der Waals surface area contributed by atoms with Crippen molar-refractivity contribution in [3.63, 3.8) is 0 Å². The molecule has 1 aliphatic heterocycles. The van der Waals surface area contributed by atoms with Crippen molar-refractivity contribution in [1.29, 1.82) is 0 Å². The fourth-order valence-corrected chi connectivity index (χ4v) is 5.60. The van der Waals surface area contributed by atoms with Gasteiger partial charge in [-0.25, -0.2) is 8.42 Å². The second kappa shape index (κ2) is 5.29. The van der Waals surface area contributed by atoms with Crippen LogP contribution in [0, 0.1) is 28.9 Å². The molecule has 3 atom stereocenters. The molecule has 0 spiro atoms. The molecule has 8 heteroatoms. The van der Waals surface area contributed by atoms with Crippen molar-refractivity contribution in [3.8, 4) is 0 Å². The first-order chi connectivity index (χ1) is 10.3. The molecule has 120 valence electrons. The SMILES string of the molecule is Cc1cccc([N+](=O)[O-])c1S(=O)(=O)N1CC2CCC(N)C2C1. The number of benzene rings is 1. The maximum atomic E-state index is 12.9. The highest BCUT2D eigenvalue weighted by Crippen LogP contribution is 2.40. The van der Waals surface area contributed by atoms with Crippen LogP contribution in [0.5, 0.6) is 0 Å². The van der Waals surface area contributed by atoms with E-state index in [4.69, 9.17) is 5.73 Å². The van der Waals surface area contributed by atoms with Crippen LogP contribution in [-0.2, 0) is 10.0 Å². The van der Waals surface area contributed by atoms with E-state index in [0.717, 1.165) is 12.8 Å². The Morgan fingerprint density at radius 3 is 2.68 bits per heavy atom. The minimum atomic E-state index is -3.87. The monoisotopic (exact) mass is 325 g/mol. The molecule has 1 saturated carbocycles. The van der Waals surface area contributed by atoms with Crippen molar-refractivity contribution >= 4 is 15.7 Å². The molecule has 2 fully saturated rings. The minimum absolute atomic E-state index is 0.0251. The molecule has 1 saturated heterocycles. The van der Waals surface area contributed by atoms with Gasteiger partial charge in [0.15, 0.2) is 4.90 Å². The fraction of sp³-hybridized carbons (Fsp3) is 0.571. The Labute approximate surface area is 129 Å². The van der Waals surface area contributed by atoms with Crippen LogP contribution in [0.2, 0.25) is 0 Å². The first kappa shape index (κ1) is 15.4. The standard InChI is InChI=1S/C14H19N3O4S/c1-9-3-2-4-13(17(18)19)14(9)22(20,21)16-7-10-5-6-12(15)11(10)8-16/h2-4,10-12H,5-8,15H2,1H3. The van der Waals surface area contributed by atoms with Crippen LogP contribution in [0.25, 0.3) is 0 Å². The molecule has 3 rings (SSSR count). The van der Waals surface area contributed by atoms with Gasteiger partial charge in [-0.3, -0.25) is 10.1 Å². The molecule has 1 aromatic rings. The van der Waals surface area contributed by atoms with Gasteiger partial charge >= 0.3 is 0 Å². The Morgan fingerprint density at radius 2 is 2.05 bits per heavy atom. The summed E-state index contributed by atoms with van der Waals surface area (Å²) in [4.78, 5) is 10.4. The zero-order valence-electron chi connectivity index (χ0n) is 12.3. The van der Waals surface area contributed by atoms with Gasteiger partial charge in [0.1, 0.15) is 0 Å². The summed E-state index contributed by atoms with van der Waals surface area (Å²) in [7, 11) is -3.87. The van der Waals surface area contributed by atoms with Crippen LogP contribution in [0.15, 0.2) is 23.1 Å². The summed E-state index contributed by atoms with van der Waals surface area (Å²) in [6.07, 6.45) is 1.85. The Bertz CT molecular complexity index is 719. The molecule has 1 heterocycles. The van der Waals surface area contributed by atoms with E-state index in [9.17, 15) is 18.5 Å². The second-order valence-corrected chi connectivity index (χ2v) is 8.04. The quantitative estimate of drug-likeness (QED) is 0.665. The van der Waals surface area contributed by atoms with Crippen molar-refractivity contribution in [2.75, 3.05) is 13.1 Å². The zero-order chi connectivity index (χ0) is 16.1. The third-order valence-corrected chi connectivity index (χ3v) is 6.89. The van der Waals surface area contributed by atoms with E-state index in [1.807, 2.05) is 0 Å². The van der Waals surface area contributed by atoms with Crippen LogP contribution in [0.3, 0.4) is 0 Å². The molecule has 2 N–H and O–H groups in total. The fourth-order valence-electron chi connectivity index (χ4n) is 3.71. The Kier molecular flexibility index (Phi) is 3.70. The molecule has 22 heavy (non-hydrogen) atoms. The van der Waals surface area contributed by atoms with Crippen LogP contribution < -0.4 is 5.73 Å². The number of aryl methyl sites for hydroxylation is 1. The van der Waals surface area contributed by atoms with Gasteiger partial charge in [-0.05, 0) is 37.2 Å². The molecule has 0 amide bonds. The number of nitrogens with two attached hydrogens (primary N) is 1. The molecule has 1 aliphatic carbocycles. The summed E-state index contributed by atoms with van der Waals surface area (Å²) in [6.45, 7) is 2.36. The number of nitro groups is 1. The minimum Gasteiger partial charge on any atom is -0.327 e. The van der Waals surface area contributed by atoms with Crippen LogP contribution in [-0.4, -0.2) is 36.8 Å². The van der Waals surface area contributed by atoms with Gasteiger partial charge in [0.2, 0.25) is 10.0 Å². The lowest BCUT2D eigenvalue weighted by atomic mass is 9.98. The summed E-state index contributed by atoms with van der Waals surface area (Å²) in [6, 6.07) is 4.35. The highest BCUT2D eigenvalue weighted by molar-refractivity contribution is 7.89. The second-order valence-electron chi connectivity index (χ2n) is 6.17. The van der Waals surface area contributed by atoms with Crippen LogP contribution >= 0.6 is 0 Å². The molecule has 2 aliphatic rings. The third kappa shape index (κ3) is 2.31. The Morgan fingerprint density at radius 1 is 1.32 bits per heavy atom. The number of nitro benzene ring substituents is 1. The Balaban J connectivity index is 2.00. The van der Waals surface area contributed by atoms with Gasteiger partial charge in [0, 0.05) is 25.2 Å². The highest BCUT2D eigenvalue weighted by Gasteiger charge is 2.46. The normalized spacial score (nSPS) is 28.7. The molecular formula is C14H19N3O4S. The van der Waals surface area contributed by atoms with Gasteiger partial charge in [-0.15, -0.1) is 0 Å². The van der Waals surface area contributed by atoms with Crippen LogP contribution in [0.4, 0.5) is 5.69 Å². The van der Waals surface area contributed by atoms with E-state index in [0.29, 0.717) is 18.7 Å². The lowest BCUT2D eigenvalue weighted by Crippen LogP contribution is -2.34. The van der Waals surface area contributed by atoms with Gasteiger partial charge < -0.3 is 5.73 Å². The zero-order valence-corrected chi connectivity index (χ0v) is 13.1. The maximum Gasteiger partial charge on any atom is 0.289 e. The predicted octanol–water partition coefficient (Wildman–Crippen LogP) is 1.26. The first-order valence-corrected chi connectivity index (χ1v) is 8.76. The number of hydrogen-bond donors (Lipinski definition) is 1. The van der Waals surface area contributed by atoms with Crippen molar-refractivity contribution in [2.45, 2.75) is 30.7 Å². The number of sulfonamides is 1. The average Bonchev–Trinajstić information content (AvgIpc) is 3.01. The predicted molar refractivity (Wildman–Crippen MR) is 80.8 cm³/mol. The van der Waals surface area contributed by atoms with Gasteiger partial charge in [0.05, 0.1) is 4.92 Å².